The second-order valence-corrected chi connectivity index (χ2v) is 5.83. The normalized spacial score (nSPS) is 32.8. The third kappa shape index (κ3) is 1.49. The highest BCUT2D eigenvalue weighted by Gasteiger charge is 2.60. The van der Waals surface area contributed by atoms with E-state index in [2.05, 4.69) is 24.0 Å². The lowest BCUT2D eigenvalue weighted by Crippen LogP contribution is -2.26. The SMILES string of the molecule is CCN1C[C@@H]2C[C@]2(c2ccc(Cl)c(Cl)c2)C1. The van der Waals surface area contributed by atoms with Crippen LogP contribution in [0.15, 0.2) is 18.2 Å². The van der Waals surface area contributed by atoms with Crippen molar-refractivity contribution in [3.05, 3.63) is 33.8 Å². The summed E-state index contributed by atoms with van der Waals surface area (Å²) in [5.74, 6) is 0.838. The lowest BCUT2D eigenvalue weighted by molar-refractivity contribution is 0.314. The van der Waals surface area contributed by atoms with Gasteiger partial charge in [0.2, 0.25) is 0 Å². The van der Waals surface area contributed by atoms with Gasteiger partial charge in [0.1, 0.15) is 0 Å². The lowest BCUT2D eigenvalue weighted by atomic mass is 9.95. The number of piperidine rings is 1. The molecule has 0 bridgehead atoms. The van der Waals surface area contributed by atoms with Crippen LogP contribution in [0.4, 0.5) is 0 Å². The summed E-state index contributed by atoms with van der Waals surface area (Å²) in [5, 5.41) is 1.35. The predicted molar refractivity (Wildman–Crippen MR) is 68.4 cm³/mol. The third-order valence-corrected chi connectivity index (χ3v) is 4.90. The van der Waals surface area contributed by atoms with Crippen LogP contribution in [-0.4, -0.2) is 24.5 Å². The van der Waals surface area contributed by atoms with Gasteiger partial charge in [-0.3, -0.25) is 0 Å². The van der Waals surface area contributed by atoms with Crippen molar-refractivity contribution in [3.8, 4) is 0 Å². The fourth-order valence-electron chi connectivity index (χ4n) is 3.08. The largest absolute Gasteiger partial charge is 0.302 e. The minimum absolute atomic E-state index is 0.393. The minimum atomic E-state index is 0.393. The van der Waals surface area contributed by atoms with E-state index in [1.807, 2.05) is 6.07 Å². The van der Waals surface area contributed by atoms with Gasteiger partial charge in [-0.05, 0) is 36.6 Å². The molecule has 1 saturated carbocycles. The summed E-state index contributed by atoms with van der Waals surface area (Å²) < 4.78 is 0. The second kappa shape index (κ2) is 3.63. The molecule has 0 unspecified atom stereocenters. The summed E-state index contributed by atoms with van der Waals surface area (Å²) in [6.07, 6.45) is 1.32. The zero-order chi connectivity index (χ0) is 11.3. The van der Waals surface area contributed by atoms with E-state index in [1.54, 1.807) is 0 Å². The predicted octanol–water partition coefficient (Wildman–Crippen LogP) is 3.59. The molecule has 86 valence electrons. The molecule has 1 aromatic rings. The Morgan fingerprint density at radius 2 is 2.19 bits per heavy atom. The molecule has 1 aromatic carbocycles. The molecule has 0 aromatic heterocycles. The molecular weight excluding hydrogens is 241 g/mol. The number of hydrogen-bond acceptors (Lipinski definition) is 1. The standard InChI is InChI=1S/C13H15Cl2N/c1-2-16-7-10-6-13(10,8-16)9-3-4-11(14)12(15)5-9/h3-5,10H,2,6-8H2,1H3/t10-,13+/m0/s1. The molecule has 0 amide bonds. The van der Waals surface area contributed by atoms with Crippen LogP contribution in [0.25, 0.3) is 0 Å². The first-order valence-corrected chi connectivity index (χ1v) is 6.59. The second-order valence-electron chi connectivity index (χ2n) is 5.01. The zero-order valence-corrected chi connectivity index (χ0v) is 10.9. The third-order valence-electron chi connectivity index (χ3n) is 4.16. The number of fused-ring (bicyclic) bond motifs is 1. The molecule has 3 heteroatoms. The number of likely N-dealkylation sites (N-methyl/N-ethyl adjacent to an activating group) is 1. The van der Waals surface area contributed by atoms with Gasteiger partial charge in [0, 0.05) is 18.5 Å². The molecule has 0 N–H and O–H groups in total. The molecule has 2 aliphatic rings. The molecular formula is C13H15Cl2N. The van der Waals surface area contributed by atoms with E-state index >= 15 is 0 Å². The molecule has 2 atom stereocenters. The Bertz CT molecular complexity index is 432. The van der Waals surface area contributed by atoms with E-state index in [9.17, 15) is 0 Å². The van der Waals surface area contributed by atoms with Gasteiger partial charge in [-0.1, -0.05) is 36.2 Å². The molecule has 0 spiro atoms. The number of hydrogen-bond donors (Lipinski definition) is 0. The van der Waals surface area contributed by atoms with E-state index < -0.39 is 0 Å². The number of halogens is 2. The van der Waals surface area contributed by atoms with Crippen molar-refractivity contribution in [1.82, 2.24) is 4.90 Å². The smallest absolute Gasteiger partial charge is 0.0595 e. The lowest BCUT2D eigenvalue weighted by Gasteiger charge is -2.19. The zero-order valence-electron chi connectivity index (χ0n) is 9.34. The maximum absolute atomic E-state index is 6.10. The van der Waals surface area contributed by atoms with Gasteiger partial charge < -0.3 is 4.90 Å². The summed E-state index contributed by atoms with van der Waals surface area (Å²) in [7, 11) is 0. The summed E-state index contributed by atoms with van der Waals surface area (Å²) in [6.45, 7) is 5.82. The number of likely N-dealkylation sites (tertiary alicyclic amines) is 1. The number of benzene rings is 1. The van der Waals surface area contributed by atoms with Crippen LogP contribution in [0, 0.1) is 5.92 Å². The first kappa shape index (κ1) is 10.9. The molecule has 1 nitrogen and oxygen atoms in total. The Morgan fingerprint density at radius 1 is 1.38 bits per heavy atom. The summed E-state index contributed by atoms with van der Waals surface area (Å²) in [4.78, 5) is 2.52. The van der Waals surface area contributed by atoms with Gasteiger partial charge in [-0.25, -0.2) is 0 Å². The van der Waals surface area contributed by atoms with Crippen LogP contribution in [0.5, 0.6) is 0 Å². The van der Waals surface area contributed by atoms with Crippen LogP contribution < -0.4 is 0 Å². The molecule has 1 saturated heterocycles. The van der Waals surface area contributed by atoms with E-state index in [0.717, 1.165) is 12.5 Å². The topological polar surface area (TPSA) is 3.24 Å². The Labute approximate surface area is 106 Å². The number of nitrogens with zero attached hydrogens (tertiary/aromatic N) is 1. The van der Waals surface area contributed by atoms with Crippen molar-refractivity contribution in [1.29, 1.82) is 0 Å². The molecule has 3 rings (SSSR count). The van der Waals surface area contributed by atoms with Gasteiger partial charge >= 0.3 is 0 Å². The highest BCUT2D eigenvalue weighted by molar-refractivity contribution is 6.42. The van der Waals surface area contributed by atoms with Crippen molar-refractivity contribution in [2.24, 2.45) is 5.92 Å². The molecule has 1 aliphatic carbocycles. The van der Waals surface area contributed by atoms with Crippen molar-refractivity contribution in [2.75, 3.05) is 19.6 Å². The molecule has 0 radical (unpaired) electrons. The molecule has 2 fully saturated rings. The fourth-order valence-corrected chi connectivity index (χ4v) is 3.38. The summed E-state index contributed by atoms with van der Waals surface area (Å²) in [6, 6.07) is 6.13. The Hall–Kier alpha value is -0.240. The fraction of sp³-hybridized carbons (Fsp3) is 0.538. The van der Waals surface area contributed by atoms with E-state index in [0.29, 0.717) is 15.5 Å². The van der Waals surface area contributed by atoms with Crippen molar-refractivity contribution >= 4 is 23.2 Å². The quantitative estimate of drug-likeness (QED) is 0.781. The van der Waals surface area contributed by atoms with E-state index in [4.69, 9.17) is 23.2 Å². The molecule has 1 aliphatic heterocycles. The maximum atomic E-state index is 6.10. The highest BCUT2D eigenvalue weighted by Crippen LogP contribution is 2.59. The maximum Gasteiger partial charge on any atom is 0.0595 e. The van der Waals surface area contributed by atoms with Gasteiger partial charge in [0.15, 0.2) is 0 Å². The van der Waals surface area contributed by atoms with Crippen LogP contribution in [0.1, 0.15) is 18.9 Å². The Morgan fingerprint density at radius 3 is 2.81 bits per heavy atom. The average molecular weight is 256 g/mol. The minimum Gasteiger partial charge on any atom is -0.302 e. The first-order valence-electron chi connectivity index (χ1n) is 5.83. The molecule has 16 heavy (non-hydrogen) atoms. The average Bonchev–Trinajstić information content (AvgIpc) is 2.86. The van der Waals surface area contributed by atoms with Crippen molar-refractivity contribution < 1.29 is 0 Å². The van der Waals surface area contributed by atoms with Crippen LogP contribution in [0.3, 0.4) is 0 Å². The Kier molecular flexibility index (Phi) is 2.47. The van der Waals surface area contributed by atoms with Gasteiger partial charge in [-0.15, -0.1) is 0 Å². The summed E-state index contributed by atoms with van der Waals surface area (Å²) >= 11 is 12.1. The van der Waals surface area contributed by atoms with Crippen LogP contribution in [0.2, 0.25) is 10.0 Å². The first-order chi connectivity index (χ1) is 7.65. The van der Waals surface area contributed by atoms with Gasteiger partial charge in [0.05, 0.1) is 10.0 Å². The van der Waals surface area contributed by atoms with Gasteiger partial charge in [-0.2, -0.15) is 0 Å². The van der Waals surface area contributed by atoms with Crippen molar-refractivity contribution in [2.45, 2.75) is 18.8 Å². The van der Waals surface area contributed by atoms with Crippen molar-refractivity contribution in [3.63, 3.8) is 0 Å². The monoisotopic (exact) mass is 255 g/mol. The number of rotatable bonds is 2. The summed E-state index contributed by atoms with van der Waals surface area (Å²) in [5.41, 5.74) is 1.77. The molecule has 1 heterocycles. The van der Waals surface area contributed by atoms with Gasteiger partial charge in [0.25, 0.3) is 0 Å². The van der Waals surface area contributed by atoms with E-state index in [1.165, 1.54) is 25.1 Å². The van der Waals surface area contributed by atoms with Crippen LogP contribution >= 0.6 is 23.2 Å². The van der Waals surface area contributed by atoms with E-state index in [-0.39, 0.29) is 0 Å². The highest BCUT2D eigenvalue weighted by atomic mass is 35.5. The Balaban J connectivity index is 1.91. The van der Waals surface area contributed by atoms with Crippen LogP contribution in [-0.2, 0) is 5.41 Å².